The molecule has 1 aliphatic heterocycles. The Bertz CT molecular complexity index is 596. The van der Waals surface area contributed by atoms with Gasteiger partial charge in [-0.15, -0.1) is 12.3 Å². The number of carbonyl (C=O) groups is 2. The second kappa shape index (κ2) is 9.11. The molecule has 1 rings (SSSR count). The molecular weight excluding hydrogens is 322 g/mol. The number of hydrogen-bond acceptors (Lipinski definition) is 6. The molecule has 0 unspecified atom stereocenters. The molecule has 0 bridgehead atoms. The lowest BCUT2D eigenvalue weighted by atomic mass is 10.00. The second-order valence-electron chi connectivity index (χ2n) is 6.59. The summed E-state index contributed by atoms with van der Waals surface area (Å²) in [5.41, 5.74) is 0.319. The Morgan fingerprint density at radius 2 is 2.08 bits per heavy atom. The predicted octanol–water partition coefficient (Wildman–Crippen LogP) is 2.08. The first-order valence-corrected chi connectivity index (χ1v) is 8.33. The Morgan fingerprint density at radius 1 is 1.40 bits per heavy atom. The van der Waals surface area contributed by atoms with E-state index in [1.807, 2.05) is 0 Å². The smallest absolute Gasteiger partial charge is 0.410 e. The zero-order valence-corrected chi connectivity index (χ0v) is 15.4. The van der Waals surface area contributed by atoms with Crippen LogP contribution in [0.5, 0.6) is 0 Å². The van der Waals surface area contributed by atoms with Crippen molar-refractivity contribution in [2.75, 3.05) is 26.2 Å². The van der Waals surface area contributed by atoms with Gasteiger partial charge in [0.05, 0.1) is 13.2 Å². The molecular formula is C18H27N3O4. The first kappa shape index (κ1) is 20.6. The Morgan fingerprint density at radius 3 is 2.64 bits per heavy atom. The van der Waals surface area contributed by atoms with Crippen molar-refractivity contribution in [3.8, 4) is 12.3 Å². The van der Waals surface area contributed by atoms with Gasteiger partial charge in [-0.2, -0.15) is 0 Å². The maximum Gasteiger partial charge on any atom is 0.410 e. The molecule has 0 spiro atoms. The number of nitrogens with one attached hydrogen (secondary N) is 2. The average molecular weight is 349 g/mol. The van der Waals surface area contributed by atoms with E-state index in [1.165, 1.54) is 4.90 Å². The molecule has 0 atom stereocenters. The van der Waals surface area contributed by atoms with Gasteiger partial charge >= 0.3 is 12.1 Å². The minimum atomic E-state index is -0.610. The summed E-state index contributed by atoms with van der Waals surface area (Å²) in [6.07, 6.45) is 5.55. The van der Waals surface area contributed by atoms with Crippen LogP contribution < -0.4 is 5.32 Å². The largest absolute Gasteiger partial charge is 0.461 e. The summed E-state index contributed by atoms with van der Waals surface area (Å²) < 4.78 is 10.4. The van der Waals surface area contributed by atoms with E-state index < -0.39 is 17.7 Å². The van der Waals surface area contributed by atoms with E-state index in [4.69, 9.17) is 21.3 Å². The van der Waals surface area contributed by atoms with E-state index in [2.05, 4.69) is 11.2 Å². The van der Waals surface area contributed by atoms with E-state index in [9.17, 15) is 9.59 Å². The zero-order chi connectivity index (χ0) is 19.0. The molecule has 7 heteroatoms. The van der Waals surface area contributed by atoms with Gasteiger partial charge in [0.25, 0.3) is 0 Å². The quantitative estimate of drug-likeness (QED) is 0.343. The monoisotopic (exact) mass is 349 g/mol. The number of rotatable bonds is 5. The molecule has 0 aromatic rings. The highest BCUT2D eigenvalue weighted by molar-refractivity contribution is 6.06. The van der Waals surface area contributed by atoms with Crippen LogP contribution in [0.2, 0.25) is 0 Å². The van der Waals surface area contributed by atoms with Gasteiger partial charge in [0.2, 0.25) is 0 Å². The Hall–Kier alpha value is -2.49. The molecule has 1 amide bonds. The minimum Gasteiger partial charge on any atom is -0.461 e. The highest BCUT2D eigenvalue weighted by Crippen LogP contribution is 2.19. The molecule has 0 aromatic heterocycles. The van der Waals surface area contributed by atoms with Crippen molar-refractivity contribution < 1.29 is 19.1 Å². The molecule has 2 N–H and O–H groups in total. The number of amides is 1. The van der Waals surface area contributed by atoms with Crippen LogP contribution in [0.15, 0.2) is 11.3 Å². The van der Waals surface area contributed by atoms with Gasteiger partial charge in [-0.3, -0.25) is 0 Å². The fourth-order valence-electron chi connectivity index (χ4n) is 2.24. The lowest BCUT2D eigenvalue weighted by molar-refractivity contribution is -0.139. The third-order valence-corrected chi connectivity index (χ3v) is 3.35. The van der Waals surface area contributed by atoms with Crippen LogP contribution in [0.3, 0.4) is 0 Å². The van der Waals surface area contributed by atoms with Gasteiger partial charge in [0, 0.05) is 37.2 Å². The van der Waals surface area contributed by atoms with Gasteiger partial charge in [-0.05, 0) is 27.7 Å². The van der Waals surface area contributed by atoms with Crippen molar-refractivity contribution in [2.24, 2.45) is 0 Å². The number of terminal acetylenes is 1. The molecule has 0 radical (unpaired) electrons. The van der Waals surface area contributed by atoms with Gasteiger partial charge < -0.3 is 25.1 Å². The van der Waals surface area contributed by atoms with Crippen molar-refractivity contribution in [3.05, 3.63) is 11.3 Å². The SMILES string of the molecule is C#CCCN/C(C(=O)OCC)=C1/CN(C(=O)OC(C)(C)C)CCC1=N. The van der Waals surface area contributed by atoms with E-state index in [-0.39, 0.29) is 18.8 Å². The molecule has 25 heavy (non-hydrogen) atoms. The number of nitrogens with zero attached hydrogens (tertiary/aromatic N) is 1. The normalized spacial score (nSPS) is 16.8. The van der Waals surface area contributed by atoms with E-state index in [1.54, 1.807) is 27.7 Å². The predicted molar refractivity (Wildman–Crippen MR) is 95.3 cm³/mol. The molecule has 0 aromatic carbocycles. The Kier molecular flexibility index (Phi) is 7.49. The third kappa shape index (κ3) is 6.49. The number of piperidine rings is 1. The first-order chi connectivity index (χ1) is 11.7. The number of likely N-dealkylation sites (tertiary alicyclic amines) is 1. The van der Waals surface area contributed by atoms with Crippen LogP contribution in [0.1, 0.15) is 40.5 Å². The third-order valence-electron chi connectivity index (χ3n) is 3.35. The Balaban J connectivity index is 3.04. The molecule has 1 aliphatic rings. The highest BCUT2D eigenvalue weighted by atomic mass is 16.6. The van der Waals surface area contributed by atoms with Crippen molar-refractivity contribution in [3.63, 3.8) is 0 Å². The summed E-state index contributed by atoms with van der Waals surface area (Å²) in [6.45, 7) is 8.17. The lowest BCUT2D eigenvalue weighted by Crippen LogP contribution is -2.44. The molecule has 1 fully saturated rings. The van der Waals surface area contributed by atoms with E-state index >= 15 is 0 Å². The van der Waals surface area contributed by atoms with Crippen molar-refractivity contribution >= 4 is 17.8 Å². The first-order valence-electron chi connectivity index (χ1n) is 8.33. The maximum atomic E-state index is 12.3. The minimum absolute atomic E-state index is 0.116. The molecule has 7 nitrogen and oxygen atoms in total. The number of carbonyl (C=O) groups excluding carboxylic acids is 2. The van der Waals surface area contributed by atoms with E-state index in [0.29, 0.717) is 37.2 Å². The fourth-order valence-corrected chi connectivity index (χ4v) is 2.24. The highest BCUT2D eigenvalue weighted by Gasteiger charge is 2.30. The fraction of sp³-hybridized carbons (Fsp3) is 0.611. The maximum absolute atomic E-state index is 12.3. The van der Waals surface area contributed by atoms with Crippen molar-refractivity contribution in [1.29, 1.82) is 5.41 Å². The van der Waals surface area contributed by atoms with Crippen LogP contribution in [0, 0.1) is 17.8 Å². The van der Waals surface area contributed by atoms with Crippen molar-refractivity contribution in [2.45, 2.75) is 46.1 Å². The standard InChI is InChI=1S/C18H27N3O4/c1-6-8-10-20-15(16(22)24-7-2)13-12-21(11-9-14(13)19)17(23)25-18(3,4)5/h1,19-20H,7-12H2,2-5H3/b15-13-,19-14?. The van der Waals surface area contributed by atoms with Crippen LogP contribution in [0.4, 0.5) is 4.79 Å². The second-order valence-corrected chi connectivity index (χ2v) is 6.59. The molecule has 1 heterocycles. The lowest BCUT2D eigenvalue weighted by Gasteiger charge is -2.32. The Labute approximate surface area is 149 Å². The number of ether oxygens (including phenoxy) is 2. The molecule has 0 saturated carbocycles. The molecule has 0 aliphatic carbocycles. The summed E-state index contributed by atoms with van der Waals surface area (Å²) in [7, 11) is 0. The van der Waals surface area contributed by atoms with Crippen LogP contribution >= 0.6 is 0 Å². The molecule has 138 valence electrons. The van der Waals surface area contributed by atoms with Crippen molar-refractivity contribution in [1.82, 2.24) is 10.2 Å². The van der Waals surface area contributed by atoms with Gasteiger partial charge in [0.1, 0.15) is 11.3 Å². The topological polar surface area (TPSA) is 91.7 Å². The van der Waals surface area contributed by atoms with Crippen LogP contribution in [-0.4, -0.2) is 54.5 Å². The van der Waals surface area contributed by atoms with E-state index in [0.717, 1.165) is 0 Å². The molecule has 1 saturated heterocycles. The summed E-state index contributed by atoms with van der Waals surface area (Å²) in [4.78, 5) is 26.0. The number of esters is 1. The zero-order valence-electron chi connectivity index (χ0n) is 15.4. The van der Waals surface area contributed by atoms with Gasteiger partial charge in [0.15, 0.2) is 0 Å². The average Bonchev–Trinajstić information content (AvgIpc) is 2.51. The summed E-state index contributed by atoms with van der Waals surface area (Å²) in [6, 6.07) is 0. The van der Waals surface area contributed by atoms with Crippen LogP contribution in [0.25, 0.3) is 0 Å². The van der Waals surface area contributed by atoms with Gasteiger partial charge in [-0.25, -0.2) is 9.59 Å². The summed E-state index contributed by atoms with van der Waals surface area (Å²) in [5.74, 6) is 1.93. The summed E-state index contributed by atoms with van der Waals surface area (Å²) >= 11 is 0. The van der Waals surface area contributed by atoms with Gasteiger partial charge in [-0.1, -0.05) is 0 Å². The van der Waals surface area contributed by atoms with Crippen LogP contribution in [-0.2, 0) is 14.3 Å². The summed E-state index contributed by atoms with van der Waals surface area (Å²) in [5, 5.41) is 11.1. The number of hydrogen-bond donors (Lipinski definition) is 2.